The Balaban J connectivity index is 2.37. The van der Waals surface area contributed by atoms with Crippen molar-refractivity contribution >= 4 is 5.91 Å². The lowest BCUT2D eigenvalue weighted by atomic mass is 10.1. The van der Waals surface area contributed by atoms with Crippen molar-refractivity contribution in [1.82, 2.24) is 10.2 Å². The van der Waals surface area contributed by atoms with E-state index in [-0.39, 0.29) is 17.8 Å². The zero-order valence-electron chi connectivity index (χ0n) is 10.5. The predicted molar refractivity (Wildman–Crippen MR) is 66.1 cm³/mol. The van der Waals surface area contributed by atoms with E-state index < -0.39 is 0 Å². The van der Waals surface area contributed by atoms with E-state index in [1.807, 2.05) is 6.92 Å². The molecule has 1 amide bonds. The minimum absolute atomic E-state index is 0.101. The summed E-state index contributed by atoms with van der Waals surface area (Å²) in [5.74, 6) is -0.132. The molecule has 0 aromatic heterocycles. The Morgan fingerprint density at radius 1 is 1.35 bits per heavy atom. The summed E-state index contributed by atoms with van der Waals surface area (Å²) >= 11 is 0. The number of carbonyl (C=O) groups is 1. The first-order valence-corrected chi connectivity index (χ1v) is 5.69. The van der Waals surface area contributed by atoms with E-state index in [0.29, 0.717) is 13.0 Å². The SMILES string of the molecule is C[C@H](NCCC(=O)N(C)C)c1ccc(F)cc1. The van der Waals surface area contributed by atoms with Crippen molar-refractivity contribution in [2.45, 2.75) is 19.4 Å². The topological polar surface area (TPSA) is 32.3 Å². The molecule has 0 fully saturated rings. The van der Waals surface area contributed by atoms with Gasteiger partial charge < -0.3 is 10.2 Å². The average molecular weight is 238 g/mol. The third-order valence-corrected chi connectivity index (χ3v) is 2.66. The van der Waals surface area contributed by atoms with Gasteiger partial charge in [-0.2, -0.15) is 0 Å². The van der Waals surface area contributed by atoms with Gasteiger partial charge in [0.15, 0.2) is 0 Å². The molecule has 4 heteroatoms. The molecule has 1 rings (SSSR count). The molecule has 94 valence electrons. The maximum atomic E-state index is 12.7. The van der Waals surface area contributed by atoms with Crippen LogP contribution in [0.5, 0.6) is 0 Å². The Morgan fingerprint density at radius 3 is 2.47 bits per heavy atom. The highest BCUT2D eigenvalue weighted by Gasteiger charge is 2.07. The van der Waals surface area contributed by atoms with E-state index >= 15 is 0 Å². The first-order chi connectivity index (χ1) is 8.00. The average Bonchev–Trinajstić information content (AvgIpc) is 2.29. The second kappa shape index (κ2) is 6.35. The molecule has 0 unspecified atom stereocenters. The summed E-state index contributed by atoms with van der Waals surface area (Å²) in [5, 5.41) is 3.23. The van der Waals surface area contributed by atoms with Gasteiger partial charge in [-0.25, -0.2) is 4.39 Å². The van der Waals surface area contributed by atoms with Crippen LogP contribution in [0.4, 0.5) is 4.39 Å². The molecule has 0 heterocycles. The monoisotopic (exact) mass is 238 g/mol. The van der Waals surface area contributed by atoms with Crippen LogP contribution in [-0.4, -0.2) is 31.4 Å². The van der Waals surface area contributed by atoms with Crippen molar-refractivity contribution < 1.29 is 9.18 Å². The fourth-order valence-electron chi connectivity index (χ4n) is 1.49. The summed E-state index contributed by atoms with van der Waals surface area (Å²) in [4.78, 5) is 12.9. The number of hydrogen-bond donors (Lipinski definition) is 1. The highest BCUT2D eigenvalue weighted by molar-refractivity contribution is 5.75. The molecule has 0 radical (unpaired) electrons. The number of hydrogen-bond acceptors (Lipinski definition) is 2. The van der Waals surface area contributed by atoms with Crippen molar-refractivity contribution in [2.24, 2.45) is 0 Å². The van der Waals surface area contributed by atoms with Gasteiger partial charge in [0, 0.05) is 33.1 Å². The first kappa shape index (κ1) is 13.6. The zero-order chi connectivity index (χ0) is 12.8. The standard InChI is InChI=1S/C13H19FN2O/c1-10(11-4-6-12(14)7-5-11)15-9-8-13(17)16(2)3/h4-7,10,15H,8-9H2,1-3H3/t10-/m0/s1. The lowest BCUT2D eigenvalue weighted by Gasteiger charge is -2.15. The normalized spacial score (nSPS) is 12.2. The molecule has 0 aliphatic rings. The van der Waals surface area contributed by atoms with Gasteiger partial charge >= 0.3 is 0 Å². The van der Waals surface area contributed by atoms with E-state index in [4.69, 9.17) is 0 Å². The molecule has 17 heavy (non-hydrogen) atoms. The zero-order valence-corrected chi connectivity index (χ0v) is 10.5. The van der Waals surface area contributed by atoms with Crippen molar-refractivity contribution in [2.75, 3.05) is 20.6 Å². The van der Waals surface area contributed by atoms with Gasteiger partial charge in [0.05, 0.1) is 0 Å². The number of nitrogens with zero attached hydrogens (tertiary/aromatic N) is 1. The van der Waals surface area contributed by atoms with E-state index in [2.05, 4.69) is 5.32 Å². The first-order valence-electron chi connectivity index (χ1n) is 5.69. The number of nitrogens with one attached hydrogen (secondary N) is 1. The van der Waals surface area contributed by atoms with Gasteiger partial charge in [0.1, 0.15) is 5.82 Å². The number of carbonyl (C=O) groups excluding carboxylic acids is 1. The molecule has 1 aromatic rings. The Kier molecular flexibility index (Phi) is 5.10. The third-order valence-electron chi connectivity index (χ3n) is 2.66. The minimum atomic E-state index is -0.233. The van der Waals surface area contributed by atoms with Gasteiger partial charge in [0.2, 0.25) is 5.91 Å². The molecule has 0 saturated heterocycles. The molecule has 0 bridgehead atoms. The van der Waals surface area contributed by atoms with Gasteiger partial charge in [-0.1, -0.05) is 12.1 Å². The van der Waals surface area contributed by atoms with Crippen LogP contribution in [0.25, 0.3) is 0 Å². The van der Waals surface area contributed by atoms with Crippen LogP contribution in [0.2, 0.25) is 0 Å². The van der Waals surface area contributed by atoms with Crippen molar-refractivity contribution in [1.29, 1.82) is 0 Å². The highest BCUT2D eigenvalue weighted by atomic mass is 19.1. The van der Waals surface area contributed by atoms with Gasteiger partial charge in [-0.05, 0) is 24.6 Å². The Bertz CT molecular complexity index is 362. The van der Waals surface area contributed by atoms with Crippen LogP contribution in [0.15, 0.2) is 24.3 Å². The molecule has 0 aliphatic carbocycles. The third kappa shape index (κ3) is 4.53. The molecule has 0 saturated carbocycles. The fraction of sp³-hybridized carbons (Fsp3) is 0.462. The summed E-state index contributed by atoms with van der Waals surface area (Å²) < 4.78 is 12.7. The van der Waals surface area contributed by atoms with Crippen LogP contribution < -0.4 is 5.32 Å². The Labute approximate surface area is 102 Å². The maximum Gasteiger partial charge on any atom is 0.223 e. The number of rotatable bonds is 5. The predicted octanol–water partition coefficient (Wildman–Crippen LogP) is 1.95. The summed E-state index contributed by atoms with van der Waals surface area (Å²) in [7, 11) is 3.48. The van der Waals surface area contributed by atoms with Crippen LogP contribution >= 0.6 is 0 Å². The molecule has 1 aromatic carbocycles. The van der Waals surface area contributed by atoms with Crippen molar-refractivity contribution in [3.8, 4) is 0 Å². The van der Waals surface area contributed by atoms with Crippen LogP contribution in [0.3, 0.4) is 0 Å². The summed E-state index contributed by atoms with van der Waals surface area (Å²) in [6, 6.07) is 6.50. The van der Waals surface area contributed by atoms with E-state index in [0.717, 1.165) is 5.56 Å². The smallest absolute Gasteiger partial charge is 0.223 e. The largest absolute Gasteiger partial charge is 0.349 e. The summed E-state index contributed by atoms with van der Waals surface area (Å²) in [6.45, 7) is 2.61. The van der Waals surface area contributed by atoms with Crippen LogP contribution in [-0.2, 0) is 4.79 Å². The molecular weight excluding hydrogens is 219 g/mol. The Morgan fingerprint density at radius 2 is 1.94 bits per heavy atom. The summed E-state index contributed by atoms with van der Waals surface area (Å²) in [6.07, 6.45) is 0.471. The molecule has 0 spiro atoms. The van der Waals surface area contributed by atoms with Gasteiger partial charge in [-0.15, -0.1) is 0 Å². The van der Waals surface area contributed by atoms with Gasteiger partial charge in [-0.3, -0.25) is 4.79 Å². The highest BCUT2D eigenvalue weighted by Crippen LogP contribution is 2.12. The molecular formula is C13H19FN2O. The lowest BCUT2D eigenvalue weighted by Crippen LogP contribution is -2.28. The lowest BCUT2D eigenvalue weighted by molar-refractivity contribution is -0.128. The molecule has 1 N–H and O–H groups in total. The van der Waals surface area contributed by atoms with Crippen LogP contribution in [0.1, 0.15) is 24.9 Å². The molecule has 1 atom stereocenters. The molecule has 3 nitrogen and oxygen atoms in total. The summed E-state index contributed by atoms with van der Waals surface area (Å²) in [5.41, 5.74) is 1.02. The van der Waals surface area contributed by atoms with E-state index in [1.165, 1.54) is 12.1 Å². The maximum absolute atomic E-state index is 12.7. The Hall–Kier alpha value is -1.42. The molecule has 0 aliphatic heterocycles. The van der Waals surface area contributed by atoms with E-state index in [9.17, 15) is 9.18 Å². The van der Waals surface area contributed by atoms with Crippen LogP contribution in [0, 0.1) is 5.82 Å². The fourth-order valence-corrected chi connectivity index (χ4v) is 1.49. The van der Waals surface area contributed by atoms with E-state index in [1.54, 1.807) is 31.1 Å². The van der Waals surface area contributed by atoms with Crippen molar-refractivity contribution in [3.63, 3.8) is 0 Å². The minimum Gasteiger partial charge on any atom is -0.349 e. The second-order valence-electron chi connectivity index (χ2n) is 4.27. The number of halogens is 1. The van der Waals surface area contributed by atoms with Gasteiger partial charge in [0.25, 0.3) is 0 Å². The van der Waals surface area contributed by atoms with Crippen molar-refractivity contribution in [3.05, 3.63) is 35.6 Å². The quantitative estimate of drug-likeness (QED) is 0.850. The number of benzene rings is 1. The second-order valence-corrected chi connectivity index (χ2v) is 4.27. The number of amides is 1.